The van der Waals surface area contributed by atoms with E-state index in [1.807, 2.05) is 0 Å². The molecule has 0 bridgehead atoms. The molecule has 0 fully saturated rings. The second-order valence-corrected chi connectivity index (χ2v) is 3.72. The fourth-order valence-corrected chi connectivity index (χ4v) is 1.57. The Balaban J connectivity index is 2.81. The lowest BCUT2D eigenvalue weighted by Crippen LogP contribution is -2.02. The number of methoxy groups -OCH3 is 2. The number of carbonyl (C=O) groups is 1. The van der Waals surface area contributed by atoms with Gasteiger partial charge in [0.15, 0.2) is 0 Å². The van der Waals surface area contributed by atoms with Gasteiger partial charge in [0.2, 0.25) is 0 Å². The normalized spacial score (nSPS) is 10.4. The van der Waals surface area contributed by atoms with Gasteiger partial charge in [0.25, 0.3) is 0 Å². The van der Waals surface area contributed by atoms with Crippen LogP contribution < -0.4 is 14.8 Å². The molecule has 18 heavy (non-hydrogen) atoms. The van der Waals surface area contributed by atoms with Crippen LogP contribution in [0.4, 0.5) is 5.69 Å². The molecule has 2 N–H and O–H groups in total. The number of nitrogens with one attached hydrogen (secondary N) is 1. The number of carboxylic acid groups (broad SMARTS) is 1. The van der Waals surface area contributed by atoms with E-state index in [0.29, 0.717) is 28.8 Å². The molecule has 0 unspecified atom stereocenters. The van der Waals surface area contributed by atoms with E-state index in [1.165, 1.54) is 20.3 Å². The molecule has 98 valence electrons. The molecular weight excluding hydrogens is 258 g/mol. The fraction of sp³-hybridized carbons (Fsp3) is 0.250. The highest BCUT2D eigenvalue weighted by atomic mass is 35.5. The maximum absolute atomic E-state index is 10.3. The Morgan fingerprint density at radius 1 is 1.39 bits per heavy atom. The molecule has 0 spiro atoms. The van der Waals surface area contributed by atoms with Crippen LogP contribution in [0.25, 0.3) is 0 Å². The molecule has 0 atom stereocenters. The summed E-state index contributed by atoms with van der Waals surface area (Å²) in [7, 11) is 3.05. The predicted octanol–water partition coefficient (Wildman–Crippen LogP) is 2.41. The van der Waals surface area contributed by atoms with Crippen LogP contribution >= 0.6 is 11.6 Å². The summed E-state index contributed by atoms with van der Waals surface area (Å²) in [6.45, 7) is 0.352. The third-order valence-corrected chi connectivity index (χ3v) is 2.44. The van der Waals surface area contributed by atoms with Crippen molar-refractivity contribution in [3.8, 4) is 11.5 Å². The van der Waals surface area contributed by atoms with E-state index in [9.17, 15) is 4.79 Å². The third-order valence-electron chi connectivity index (χ3n) is 2.14. The molecule has 1 aromatic rings. The average Bonchev–Trinajstić information content (AvgIpc) is 2.34. The van der Waals surface area contributed by atoms with E-state index in [0.717, 1.165) is 6.08 Å². The predicted molar refractivity (Wildman–Crippen MR) is 69.8 cm³/mol. The van der Waals surface area contributed by atoms with Gasteiger partial charge in [-0.15, -0.1) is 0 Å². The van der Waals surface area contributed by atoms with Gasteiger partial charge in [0, 0.05) is 18.7 Å². The molecule has 1 aromatic carbocycles. The van der Waals surface area contributed by atoms with Gasteiger partial charge in [-0.25, -0.2) is 4.79 Å². The molecular formula is C12H14ClNO4. The molecule has 6 heteroatoms. The molecule has 1 rings (SSSR count). The van der Waals surface area contributed by atoms with Crippen molar-refractivity contribution in [3.05, 3.63) is 29.3 Å². The summed E-state index contributed by atoms with van der Waals surface area (Å²) >= 11 is 5.99. The molecule has 0 saturated heterocycles. The van der Waals surface area contributed by atoms with Crippen LogP contribution in [0.2, 0.25) is 5.02 Å². The molecule has 0 aliphatic carbocycles. The second-order valence-electron chi connectivity index (χ2n) is 3.31. The molecule has 0 radical (unpaired) electrons. The molecule has 0 amide bonds. The SMILES string of the molecule is COc1cc(OC)c(NC/C=C/C(=O)O)cc1Cl. The largest absolute Gasteiger partial charge is 0.495 e. The molecule has 0 heterocycles. The van der Waals surface area contributed by atoms with Crippen LogP contribution in [-0.4, -0.2) is 31.8 Å². The standard InChI is InChI=1S/C12H14ClNO4/c1-17-10-7-11(18-2)9(6-8(10)13)14-5-3-4-12(15)16/h3-4,6-7,14H,5H2,1-2H3,(H,15,16)/b4-3+. The van der Waals surface area contributed by atoms with Gasteiger partial charge in [-0.2, -0.15) is 0 Å². The summed E-state index contributed by atoms with van der Waals surface area (Å²) in [5, 5.41) is 11.9. The van der Waals surface area contributed by atoms with Crippen molar-refractivity contribution >= 4 is 23.3 Å². The Morgan fingerprint density at radius 3 is 2.61 bits per heavy atom. The van der Waals surface area contributed by atoms with Gasteiger partial charge in [-0.3, -0.25) is 0 Å². The Labute approximate surface area is 110 Å². The third kappa shape index (κ3) is 3.85. The van der Waals surface area contributed by atoms with Crippen LogP contribution in [0.1, 0.15) is 0 Å². The zero-order valence-electron chi connectivity index (χ0n) is 10.1. The van der Waals surface area contributed by atoms with Crippen LogP contribution in [0.15, 0.2) is 24.3 Å². The van der Waals surface area contributed by atoms with Crippen molar-refractivity contribution in [2.75, 3.05) is 26.1 Å². The molecule has 5 nitrogen and oxygen atoms in total. The van der Waals surface area contributed by atoms with E-state index in [4.69, 9.17) is 26.2 Å². The maximum Gasteiger partial charge on any atom is 0.328 e. The second kappa shape index (κ2) is 6.76. The molecule has 0 aliphatic heterocycles. The van der Waals surface area contributed by atoms with Gasteiger partial charge in [-0.05, 0) is 6.07 Å². The maximum atomic E-state index is 10.3. The molecule has 0 aromatic heterocycles. The minimum atomic E-state index is -0.989. The van der Waals surface area contributed by atoms with Crippen molar-refractivity contribution < 1.29 is 19.4 Å². The monoisotopic (exact) mass is 271 g/mol. The van der Waals surface area contributed by atoms with E-state index >= 15 is 0 Å². The molecule has 0 saturated carbocycles. The highest BCUT2D eigenvalue weighted by molar-refractivity contribution is 6.32. The smallest absolute Gasteiger partial charge is 0.328 e. The van der Waals surface area contributed by atoms with E-state index in [2.05, 4.69) is 5.32 Å². The van der Waals surface area contributed by atoms with E-state index in [1.54, 1.807) is 12.1 Å². The van der Waals surface area contributed by atoms with Crippen LogP contribution in [0.5, 0.6) is 11.5 Å². The number of benzene rings is 1. The summed E-state index contributed by atoms with van der Waals surface area (Å²) in [6, 6.07) is 3.32. The lowest BCUT2D eigenvalue weighted by molar-refractivity contribution is -0.131. The number of rotatable bonds is 6. The van der Waals surface area contributed by atoms with Gasteiger partial charge >= 0.3 is 5.97 Å². The number of anilines is 1. The zero-order chi connectivity index (χ0) is 13.5. The first-order valence-electron chi connectivity index (χ1n) is 5.13. The minimum Gasteiger partial charge on any atom is -0.495 e. The number of ether oxygens (including phenoxy) is 2. The van der Waals surface area contributed by atoms with Gasteiger partial charge in [0.1, 0.15) is 11.5 Å². The van der Waals surface area contributed by atoms with Crippen LogP contribution in [-0.2, 0) is 4.79 Å². The topological polar surface area (TPSA) is 67.8 Å². The highest BCUT2D eigenvalue weighted by Gasteiger charge is 2.08. The average molecular weight is 272 g/mol. The summed E-state index contributed by atoms with van der Waals surface area (Å²) < 4.78 is 10.2. The summed E-state index contributed by atoms with van der Waals surface area (Å²) in [4.78, 5) is 10.3. The first-order chi connectivity index (χ1) is 8.58. The van der Waals surface area contributed by atoms with Crippen molar-refractivity contribution in [2.45, 2.75) is 0 Å². The van der Waals surface area contributed by atoms with E-state index in [-0.39, 0.29) is 0 Å². The first kappa shape index (κ1) is 14.2. The summed E-state index contributed by atoms with van der Waals surface area (Å²) in [5.74, 6) is 0.0941. The van der Waals surface area contributed by atoms with Gasteiger partial charge in [-0.1, -0.05) is 17.7 Å². The lowest BCUT2D eigenvalue weighted by Gasteiger charge is -2.12. The Morgan fingerprint density at radius 2 is 2.06 bits per heavy atom. The number of carboxylic acids is 1. The number of hydrogen-bond acceptors (Lipinski definition) is 4. The lowest BCUT2D eigenvalue weighted by atomic mass is 10.2. The van der Waals surface area contributed by atoms with Gasteiger partial charge < -0.3 is 19.9 Å². The first-order valence-corrected chi connectivity index (χ1v) is 5.51. The Kier molecular flexibility index (Phi) is 5.32. The van der Waals surface area contributed by atoms with Crippen molar-refractivity contribution in [1.29, 1.82) is 0 Å². The number of hydrogen-bond donors (Lipinski definition) is 2. The van der Waals surface area contributed by atoms with E-state index < -0.39 is 5.97 Å². The Hall–Kier alpha value is -1.88. The van der Waals surface area contributed by atoms with Crippen molar-refractivity contribution in [2.24, 2.45) is 0 Å². The fourth-order valence-electron chi connectivity index (χ4n) is 1.33. The van der Waals surface area contributed by atoms with Gasteiger partial charge in [0.05, 0.1) is 24.9 Å². The Bertz CT molecular complexity index is 460. The number of aliphatic carboxylic acids is 1. The van der Waals surface area contributed by atoms with Crippen LogP contribution in [0.3, 0.4) is 0 Å². The molecule has 0 aliphatic rings. The van der Waals surface area contributed by atoms with Crippen molar-refractivity contribution in [3.63, 3.8) is 0 Å². The summed E-state index contributed by atoms with van der Waals surface area (Å²) in [6.07, 6.45) is 2.55. The highest BCUT2D eigenvalue weighted by Crippen LogP contribution is 2.35. The number of halogens is 1. The van der Waals surface area contributed by atoms with Crippen molar-refractivity contribution in [1.82, 2.24) is 0 Å². The summed E-state index contributed by atoms with van der Waals surface area (Å²) in [5.41, 5.74) is 0.665. The zero-order valence-corrected chi connectivity index (χ0v) is 10.8. The quantitative estimate of drug-likeness (QED) is 0.778. The minimum absolute atomic E-state index is 0.352. The van der Waals surface area contributed by atoms with Crippen LogP contribution in [0, 0.1) is 0 Å².